The van der Waals surface area contributed by atoms with E-state index in [2.05, 4.69) is 10.6 Å². The van der Waals surface area contributed by atoms with Gasteiger partial charge in [-0.1, -0.05) is 11.6 Å². The molecule has 8 heteroatoms. The van der Waals surface area contributed by atoms with Crippen LogP contribution >= 0.6 is 11.6 Å². The van der Waals surface area contributed by atoms with Crippen LogP contribution in [-0.2, 0) is 11.0 Å². The molecular weight excluding hydrogens is 307 g/mol. The number of anilines is 1. The number of carbonyl (C=O) groups is 1. The van der Waals surface area contributed by atoms with Crippen LogP contribution in [0.5, 0.6) is 0 Å². The van der Waals surface area contributed by atoms with Gasteiger partial charge in [0.05, 0.1) is 17.1 Å². The topological polar surface area (TPSA) is 44.4 Å². The van der Waals surface area contributed by atoms with Crippen molar-refractivity contribution in [3.05, 3.63) is 28.8 Å². The van der Waals surface area contributed by atoms with E-state index in [9.17, 15) is 18.0 Å². The molecule has 0 saturated heterocycles. The Morgan fingerprint density at radius 3 is 2.57 bits per heavy atom. The van der Waals surface area contributed by atoms with Crippen molar-refractivity contribution in [1.29, 1.82) is 0 Å². The van der Waals surface area contributed by atoms with Crippen molar-refractivity contribution in [2.24, 2.45) is 0 Å². The molecule has 0 fully saturated rings. The lowest BCUT2D eigenvalue weighted by atomic mass is 10.2. The summed E-state index contributed by atoms with van der Waals surface area (Å²) in [4.78, 5) is 13.4. The van der Waals surface area contributed by atoms with Crippen LogP contribution < -0.4 is 10.6 Å². The minimum Gasteiger partial charge on any atom is -0.376 e. The summed E-state index contributed by atoms with van der Waals surface area (Å²) in [6, 6.07) is 3.43. The number of benzene rings is 1. The fraction of sp³-hybridized carbons (Fsp3) is 0.462. The molecule has 1 aromatic rings. The molecule has 0 aliphatic carbocycles. The van der Waals surface area contributed by atoms with Crippen LogP contribution in [0.3, 0.4) is 0 Å². The number of halogens is 4. The average Bonchev–Trinajstić information content (AvgIpc) is 2.36. The number of nitrogens with one attached hydrogen (secondary N) is 2. The third kappa shape index (κ3) is 6.22. The highest BCUT2D eigenvalue weighted by Crippen LogP contribution is 2.36. The molecule has 2 N–H and O–H groups in total. The quantitative estimate of drug-likeness (QED) is 0.845. The molecule has 0 spiro atoms. The third-order valence-corrected chi connectivity index (χ3v) is 2.94. The van der Waals surface area contributed by atoms with Crippen molar-refractivity contribution in [3.8, 4) is 0 Å². The zero-order valence-electron chi connectivity index (χ0n) is 11.7. The summed E-state index contributed by atoms with van der Waals surface area (Å²) in [5.41, 5.74) is -0.739. The molecule has 0 bridgehead atoms. The monoisotopic (exact) mass is 323 g/mol. The molecule has 0 unspecified atom stereocenters. The number of hydrogen-bond donors (Lipinski definition) is 2. The van der Waals surface area contributed by atoms with E-state index in [1.165, 1.54) is 6.07 Å². The first-order valence-electron chi connectivity index (χ1n) is 6.22. The summed E-state index contributed by atoms with van der Waals surface area (Å²) in [5, 5.41) is 4.92. The molecule has 0 heterocycles. The lowest BCUT2D eigenvalue weighted by Gasteiger charge is -2.13. The van der Waals surface area contributed by atoms with E-state index in [1.807, 2.05) is 19.0 Å². The van der Waals surface area contributed by atoms with E-state index < -0.39 is 11.7 Å². The van der Waals surface area contributed by atoms with Gasteiger partial charge in [0.1, 0.15) is 0 Å². The van der Waals surface area contributed by atoms with Crippen LogP contribution in [0, 0.1) is 0 Å². The molecule has 1 aromatic carbocycles. The highest BCUT2D eigenvalue weighted by Gasteiger charge is 2.33. The normalized spacial score (nSPS) is 11.6. The molecule has 0 aliphatic rings. The van der Waals surface area contributed by atoms with Gasteiger partial charge in [-0.25, -0.2) is 0 Å². The Kier molecular flexibility index (Phi) is 6.29. The smallest absolute Gasteiger partial charge is 0.376 e. The first-order chi connectivity index (χ1) is 9.70. The van der Waals surface area contributed by atoms with Crippen LogP contribution in [-0.4, -0.2) is 44.5 Å². The zero-order chi connectivity index (χ0) is 16.0. The highest BCUT2D eigenvalue weighted by molar-refractivity contribution is 6.31. The lowest BCUT2D eigenvalue weighted by Crippen LogP contribution is -2.35. The second kappa shape index (κ2) is 7.51. The SMILES string of the molecule is CN(C)CCNC(=O)CNc1ccc(Cl)c(C(F)(F)F)c1. The van der Waals surface area contributed by atoms with Crippen LogP contribution in [0.1, 0.15) is 5.56 Å². The van der Waals surface area contributed by atoms with Gasteiger partial charge in [-0.2, -0.15) is 13.2 Å². The highest BCUT2D eigenvalue weighted by atomic mass is 35.5. The Morgan fingerprint density at radius 2 is 2.00 bits per heavy atom. The average molecular weight is 324 g/mol. The summed E-state index contributed by atoms with van der Waals surface area (Å²) >= 11 is 5.51. The summed E-state index contributed by atoms with van der Waals surface area (Å²) in [7, 11) is 3.74. The number of amides is 1. The van der Waals surface area contributed by atoms with Crippen LogP contribution in [0.2, 0.25) is 5.02 Å². The molecule has 0 atom stereocenters. The van der Waals surface area contributed by atoms with E-state index in [0.717, 1.165) is 12.1 Å². The maximum Gasteiger partial charge on any atom is 0.417 e. The molecule has 0 aliphatic heterocycles. The van der Waals surface area contributed by atoms with Crippen molar-refractivity contribution in [2.45, 2.75) is 6.18 Å². The molecular formula is C13H17ClF3N3O. The standard InChI is InChI=1S/C13H17ClF3N3O/c1-20(2)6-5-18-12(21)8-19-9-3-4-11(14)10(7-9)13(15,16)17/h3-4,7,19H,5-6,8H2,1-2H3,(H,18,21). The number of rotatable bonds is 6. The minimum absolute atomic E-state index is 0.105. The Bertz CT molecular complexity index is 492. The van der Waals surface area contributed by atoms with Gasteiger partial charge in [-0.05, 0) is 32.3 Å². The van der Waals surface area contributed by atoms with Crippen molar-refractivity contribution >= 4 is 23.2 Å². The molecule has 21 heavy (non-hydrogen) atoms. The summed E-state index contributed by atoms with van der Waals surface area (Å²) < 4.78 is 38.0. The van der Waals surface area contributed by atoms with Crippen molar-refractivity contribution < 1.29 is 18.0 Å². The van der Waals surface area contributed by atoms with Gasteiger partial charge in [0.2, 0.25) is 5.91 Å². The Labute approximate surface area is 126 Å². The Balaban J connectivity index is 2.54. The van der Waals surface area contributed by atoms with E-state index >= 15 is 0 Å². The van der Waals surface area contributed by atoms with Crippen molar-refractivity contribution in [1.82, 2.24) is 10.2 Å². The summed E-state index contributed by atoms with van der Waals surface area (Å²) in [5.74, 6) is -0.291. The first-order valence-corrected chi connectivity index (χ1v) is 6.60. The van der Waals surface area contributed by atoms with E-state index in [-0.39, 0.29) is 23.2 Å². The predicted molar refractivity (Wildman–Crippen MR) is 76.5 cm³/mol. The Hall–Kier alpha value is -1.47. The molecule has 4 nitrogen and oxygen atoms in total. The van der Waals surface area contributed by atoms with Crippen LogP contribution in [0.4, 0.5) is 18.9 Å². The first kappa shape index (κ1) is 17.6. The fourth-order valence-corrected chi connectivity index (χ4v) is 1.74. The molecule has 118 valence electrons. The summed E-state index contributed by atoms with van der Waals surface area (Å²) in [6.07, 6.45) is -4.53. The third-order valence-electron chi connectivity index (χ3n) is 2.61. The molecule has 0 radical (unpaired) electrons. The van der Waals surface area contributed by atoms with Gasteiger partial charge < -0.3 is 15.5 Å². The lowest BCUT2D eigenvalue weighted by molar-refractivity contribution is -0.137. The molecule has 1 amide bonds. The van der Waals surface area contributed by atoms with Gasteiger partial charge in [0.15, 0.2) is 0 Å². The maximum absolute atomic E-state index is 12.7. The number of carbonyl (C=O) groups excluding carboxylic acids is 1. The number of hydrogen-bond acceptors (Lipinski definition) is 3. The number of likely N-dealkylation sites (N-methyl/N-ethyl adjacent to an activating group) is 1. The maximum atomic E-state index is 12.7. The van der Waals surface area contributed by atoms with Gasteiger partial charge in [-0.15, -0.1) is 0 Å². The van der Waals surface area contributed by atoms with Gasteiger partial charge >= 0.3 is 6.18 Å². The van der Waals surface area contributed by atoms with Crippen molar-refractivity contribution in [2.75, 3.05) is 39.0 Å². The molecule has 1 rings (SSSR count). The summed E-state index contributed by atoms with van der Waals surface area (Å²) in [6.45, 7) is 1.05. The molecule has 0 saturated carbocycles. The van der Waals surface area contributed by atoms with Gasteiger partial charge in [0.25, 0.3) is 0 Å². The zero-order valence-corrected chi connectivity index (χ0v) is 12.5. The largest absolute Gasteiger partial charge is 0.417 e. The minimum atomic E-state index is -4.53. The van der Waals surface area contributed by atoms with Crippen LogP contribution in [0.25, 0.3) is 0 Å². The van der Waals surface area contributed by atoms with Crippen LogP contribution in [0.15, 0.2) is 18.2 Å². The second-order valence-corrected chi connectivity index (χ2v) is 5.11. The number of alkyl halides is 3. The molecule has 0 aromatic heterocycles. The van der Waals surface area contributed by atoms with E-state index in [4.69, 9.17) is 11.6 Å². The van der Waals surface area contributed by atoms with E-state index in [0.29, 0.717) is 13.1 Å². The fourth-order valence-electron chi connectivity index (χ4n) is 1.52. The number of nitrogens with zero attached hydrogens (tertiary/aromatic N) is 1. The van der Waals surface area contributed by atoms with Crippen molar-refractivity contribution in [3.63, 3.8) is 0 Å². The second-order valence-electron chi connectivity index (χ2n) is 4.70. The Morgan fingerprint density at radius 1 is 1.33 bits per heavy atom. The van der Waals surface area contributed by atoms with Gasteiger partial charge in [-0.3, -0.25) is 4.79 Å². The predicted octanol–water partition coefficient (Wildman–Crippen LogP) is 2.45. The van der Waals surface area contributed by atoms with E-state index in [1.54, 1.807) is 0 Å². The van der Waals surface area contributed by atoms with Gasteiger partial charge in [0, 0.05) is 18.8 Å².